The molecule has 1 saturated carbocycles. The van der Waals surface area contributed by atoms with Gasteiger partial charge in [0.05, 0.1) is 5.54 Å². The average molecular weight is 275 g/mol. The molecule has 2 N–H and O–H groups in total. The van der Waals surface area contributed by atoms with Crippen LogP contribution in [0.25, 0.3) is 0 Å². The van der Waals surface area contributed by atoms with E-state index in [1.807, 2.05) is 26.2 Å². The van der Waals surface area contributed by atoms with Crippen LogP contribution in [0.4, 0.5) is 5.82 Å². The molecule has 1 fully saturated rings. The van der Waals surface area contributed by atoms with Gasteiger partial charge in [-0.1, -0.05) is 25.8 Å². The van der Waals surface area contributed by atoms with Crippen molar-refractivity contribution in [2.75, 3.05) is 19.8 Å². The summed E-state index contributed by atoms with van der Waals surface area (Å²) in [7, 11) is 4.03. The Bertz CT molecular complexity index is 486. The molecular formula is C16H25N3O. The minimum absolute atomic E-state index is 0.272. The molecule has 1 aromatic heterocycles. The lowest BCUT2D eigenvalue weighted by Crippen LogP contribution is -2.54. The first-order chi connectivity index (χ1) is 9.45. The highest BCUT2D eigenvalue weighted by molar-refractivity contribution is 5.91. The van der Waals surface area contributed by atoms with Crippen molar-refractivity contribution < 1.29 is 4.79 Å². The summed E-state index contributed by atoms with van der Waals surface area (Å²) in [5.41, 5.74) is 6.38. The fourth-order valence-electron chi connectivity index (χ4n) is 3.37. The Labute approximate surface area is 121 Å². The summed E-state index contributed by atoms with van der Waals surface area (Å²) in [6.07, 6.45) is 6.27. The molecule has 0 aliphatic heterocycles. The first-order valence-corrected chi connectivity index (χ1v) is 7.36. The zero-order chi connectivity index (χ0) is 14.8. The Morgan fingerprint density at radius 1 is 1.55 bits per heavy atom. The standard InChI is InChI=1S/C16H25N3O/c1-12-6-4-8-16(11-12,19(2)3)14(20)10-13-7-5-9-18-15(13)17/h5,7,9,12H,4,6,8,10-11H2,1-3H3,(H2,17,18). The zero-order valence-electron chi connectivity index (χ0n) is 12.7. The van der Waals surface area contributed by atoms with E-state index < -0.39 is 0 Å². The topological polar surface area (TPSA) is 59.2 Å². The van der Waals surface area contributed by atoms with Crippen molar-refractivity contribution in [1.82, 2.24) is 9.88 Å². The van der Waals surface area contributed by atoms with Crippen LogP contribution in [-0.4, -0.2) is 35.3 Å². The largest absolute Gasteiger partial charge is 0.383 e. The van der Waals surface area contributed by atoms with E-state index in [1.165, 1.54) is 6.42 Å². The predicted molar refractivity (Wildman–Crippen MR) is 81.4 cm³/mol. The van der Waals surface area contributed by atoms with Gasteiger partial charge in [0.2, 0.25) is 0 Å². The van der Waals surface area contributed by atoms with Crippen LogP contribution in [-0.2, 0) is 11.2 Å². The van der Waals surface area contributed by atoms with E-state index in [1.54, 1.807) is 6.20 Å². The van der Waals surface area contributed by atoms with Crippen molar-refractivity contribution in [3.63, 3.8) is 0 Å². The van der Waals surface area contributed by atoms with E-state index in [0.29, 0.717) is 18.2 Å². The molecule has 1 aliphatic rings. The number of ketones is 1. The number of nitrogens with zero attached hydrogens (tertiary/aromatic N) is 2. The second-order valence-electron chi connectivity index (χ2n) is 6.28. The maximum absolute atomic E-state index is 12.9. The number of aromatic nitrogens is 1. The minimum Gasteiger partial charge on any atom is -0.383 e. The highest BCUT2D eigenvalue weighted by Crippen LogP contribution is 2.37. The Balaban J connectivity index is 2.22. The number of Topliss-reactive ketones (excluding diaryl/α,β-unsaturated/α-hetero) is 1. The van der Waals surface area contributed by atoms with Crippen LogP contribution in [0.2, 0.25) is 0 Å². The lowest BCUT2D eigenvalue weighted by Gasteiger charge is -2.44. The molecule has 2 atom stereocenters. The number of pyridine rings is 1. The fourth-order valence-corrected chi connectivity index (χ4v) is 3.37. The molecule has 1 aliphatic carbocycles. The SMILES string of the molecule is CC1CCCC(C(=O)Cc2cccnc2N)(N(C)C)C1. The van der Waals surface area contributed by atoms with E-state index in [4.69, 9.17) is 5.73 Å². The van der Waals surface area contributed by atoms with E-state index in [-0.39, 0.29) is 11.3 Å². The van der Waals surface area contributed by atoms with Crippen molar-refractivity contribution in [1.29, 1.82) is 0 Å². The molecule has 0 bridgehead atoms. The lowest BCUT2D eigenvalue weighted by molar-refractivity contribution is -0.132. The van der Waals surface area contributed by atoms with Gasteiger partial charge >= 0.3 is 0 Å². The van der Waals surface area contributed by atoms with Crippen molar-refractivity contribution in [3.05, 3.63) is 23.9 Å². The second-order valence-corrected chi connectivity index (χ2v) is 6.28. The van der Waals surface area contributed by atoms with Gasteiger partial charge in [-0.05, 0) is 38.9 Å². The fraction of sp³-hybridized carbons (Fsp3) is 0.625. The van der Waals surface area contributed by atoms with Crippen molar-refractivity contribution in [2.45, 2.75) is 44.6 Å². The third-order valence-corrected chi connectivity index (χ3v) is 4.63. The number of nitrogen functional groups attached to an aromatic ring is 1. The average Bonchev–Trinajstić information content (AvgIpc) is 2.41. The number of likely N-dealkylation sites (N-methyl/N-ethyl adjacent to an activating group) is 1. The van der Waals surface area contributed by atoms with Gasteiger partial charge in [-0.25, -0.2) is 4.98 Å². The summed E-state index contributed by atoms with van der Waals surface area (Å²) in [6.45, 7) is 2.24. The van der Waals surface area contributed by atoms with Crippen LogP contribution in [0.15, 0.2) is 18.3 Å². The first-order valence-electron chi connectivity index (χ1n) is 7.36. The van der Waals surface area contributed by atoms with E-state index in [0.717, 1.165) is 24.8 Å². The van der Waals surface area contributed by atoms with Gasteiger partial charge in [0, 0.05) is 18.2 Å². The van der Waals surface area contributed by atoms with Gasteiger partial charge < -0.3 is 5.73 Å². The van der Waals surface area contributed by atoms with Crippen molar-refractivity contribution in [2.24, 2.45) is 5.92 Å². The van der Waals surface area contributed by atoms with Crippen LogP contribution < -0.4 is 5.73 Å². The Morgan fingerprint density at radius 2 is 2.30 bits per heavy atom. The highest BCUT2D eigenvalue weighted by Gasteiger charge is 2.43. The monoisotopic (exact) mass is 275 g/mol. The quantitative estimate of drug-likeness (QED) is 0.916. The maximum atomic E-state index is 12.9. The molecule has 0 saturated heterocycles. The van der Waals surface area contributed by atoms with E-state index in [2.05, 4.69) is 16.8 Å². The summed E-state index contributed by atoms with van der Waals surface area (Å²) >= 11 is 0. The van der Waals surface area contributed by atoms with Crippen LogP contribution >= 0.6 is 0 Å². The Morgan fingerprint density at radius 3 is 2.90 bits per heavy atom. The van der Waals surface area contributed by atoms with Gasteiger partial charge in [0.25, 0.3) is 0 Å². The number of hydrogen-bond donors (Lipinski definition) is 1. The predicted octanol–water partition coefficient (Wildman–Crippen LogP) is 2.29. The first kappa shape index (κ1) is 15.0. The van der Waals surface area contributed by atoms with Gasteiger partial charge in [-0.3, -0.25) is 9.69 Å². The van der Waals surface area contributed by atoms with E-state index >= 15 is 0 Å². The molecule has 0 aromatic carbocycles. The molecule has 0 radical (unpaired) electrons. The molecule has 4 heteroatoms. The summed E-state index contributed by atoms with van der Waals surface area (Å²) in [6, 6.07) is 3.74. The molecule has 2 rings (SSSR count). The van der Waals surface area contributed by atoms with Crippen LogP contribution in [0.1, 0.15) is 38.2 Å². The summed E-state index contributed by atoms with van der Waals surface area (Å²) < 4.78 is 0. The number of carbonyl (C=O) groups is 1. The third-order valence-electron chi connectivity index (χ3n) is 4.63. The molecule has 0 amide bonds. The Kier molecular flexibility index (Phi) is 4.43. The van der Waals surface area contributed by atoms with E-state index in [9.17, 15) is 4.79 Å². The van der Waals surface area contributed by atoms with Crippen LogP contribution in [0.3, 0.4) is 0 Å². The van der Waals surface area contributed by atoms with Gasteiger partial charge in [-0.2, -0.15) is 0 Å². The third kappa shape index (κ3) is 2.85. The van der Waals surface area contributed by atoms with Crippen LogP contribution in [0.5, 0.6) is 0 Å². The molecule has 20 heavy (non-hydrogen) atoms. The van der Waals surface area contributed by atoms with Gasteiger partial charge in [-0.15, -0.1) is 0 Å². The van der Waals surface area contributed by atoms with Crippen molar-refractivity contribution in [3.8, 4) is 0 Å². The number of hydrogen-bond acceptors (Lipinski definition) is 4. The molecule has 1 aromatic rings. The van der Waals surface area contributed by atoms with Crippen LogP contribution in [0, 0.1) is 5.92 Å². The molecular weight excluding hydrogens is 250 g/mol. The number of nitrogens with two attached hydrogens (primary N) is 1. The molecule has 110 valence electrons. The highest BCUT2D eigenvalue weighted by atomic mass is 16.1. The zero-order valence-corrected chi connectivity index (χ0v) is 12.7. The maximum Gasteiger partial charge on any atom is 0.157 e. The molecule has 2 unspecified atom stereocenters. The lowest BCUT2D eigenvalue weighted by atomic mass is 9.72. The molecule has 0 spiro atoms. The Hall–Kier alpha value is -1.42. The van der Waals surface area contributed by atoms with Gasteiger partial charge in [0.1, 0.15) is 5.82 Å². The van der Waals surface area contributed by atoms with Crippen molar-refractivity contribution >= 4 is 11.6 Å². The number of carbonyl (C=O) groups excluding carboxylic acids is 1. The summed E-state index contributed by atoms with van der Waals surface area (Å²) in [4.78, 5) is 19.1. The molecule has 1 heterocycles. The number of anilines is 1. The van der Waals surface area contributed by atoms with Gasteiger partial charge in [0.15, 0.2) is 5.78 Å². The molecule has 4 nitrogen and oxygen atoms in total. The second kappa shape index (κ2) is 5.92. The summed E-state index contributed by atoms with van der Waals surface area (Å²) in [5, 5.41) is 0. The smallest absolute Gasteiger partial charge is 0.157 e. The minimum atomic E-state index is -0.333. The number of rotatable bonds is 4. The summed E-state index contributed by atoms with van der Waals surface area (Å²) in [5.74, 6) is 1.34. The normalized spacial score (nSPS) is 26.7.